The molecule has 0 fully saturated rings. The van der Waals surface area contributed by atoms with Crippen molar-refractivity contribution in [3.8, 4) is 10.6 Å². The molecule has 0 saturated heterocycles. The molecule has 0 radical (unpaired) electrons. The molecule has 0 unspecified atom stereocenters. The number of carbonyl (C=O) groups is 1. The smallest absolute Gasteiger partial charge is 0.349 e. The quantitative estimate of drug-likeness (QED) is 0.726. The van der Waals surface area contributed by atoms with Crippen molar-refractivity contribution < 1.29 is 9.90 Å². The van der Waals surface area contributed by atoms with Crippen LogP contribution in [0.3, 0.4) is 0 Å². The highest BCUT2D eigenvalue weighted by Gasteiger charge is 2.18. The Balaban J connectivity index is 1.84. The van der Waals surface area contributed by atoms with Crippen LogP contribution in [0.2, 0.25) is 5.02 Å². The molecule has 2 N–H and O–H groups in total. The third-order valence-corrected chi connectivity index (χ3v) is 4.45. The normalized spacial score (nSPS) is 10.5. The molecule has 3 rings (SSSR count). The number of rotatable bonds is 5. The number of pyridine rings is 1. The summed E-state index contributed by atoms with van der Waals surface area (Å²) in [6.07, 6.45) is 3.32. The molecule has 0 bridgehead atoms. The third kappa shape index (κ3) is 3.67. The summed E-state index contributed by atoms with van der Waals surface area (Å²) in [4.78, 5) is 20.0. The molecule has 23 heavy (non-hydrogen) atoms. The summed E-state index contributed by atoms with van der Waals surface area (Å²) >= 11 is 6.98. The summed E-state index contributed by atoms with van der Waals surface area (Å²) in [7, 11) is 0. The standard InChI is InChI=1S/C16H12ClN3O2S/c17-12-5-3-10(4-6-12)8-19-14-13(16(21)22)23-15(20-14)11-2-1-7-18-9-11/h1-7,9,19H,8H2,(H,21,22). The van der Waals surface area contributed by atoms with E-state index in [2.05, 4.69) is 15.3 Å². The second-order valence-corrected chi connectivity index (χ2v) is 6.16. The van der Waals surface area contributed by atoms with Gasteiger partial charge in [0, 0.05) is 29.5 Å². The molecule has 2 aromatic heterocycles. The summed E-state index contributed by atoms with van der Waals surface area (Å²) in [5, 5.41) is 13.7. The lowest BCUT2D eigenvalue weighted by Crippen LogP contribution is -2.04. The van der Waals surface area contributed by atoms with Gasteiger partial charge in [0.25, 0.3) is 0 Å². The highest BCUT2D eigenvalue weighted by Crippen LogP contribution is 2.31. The molecule has 0 atom stereocenters. The van der Waals surface area contributed by atoms with E-state index in [4.69, 9.17) is 11.6 Å². The number of aromatic nitrogens is 2. The summed E-state index contributed by atoms with van der Waals surface area (Å²) in [5.41, 5.74) is 1.78. The van der Waals surface area contributed by atoms with E-state index >= 15 is 0 Å². The van der Waals surface area contributed by atoms with Gasteiger partial charge in [0.15, 0.2) is 10.7 Å². The second-order valence-electron chi connectivity index (χ2n) is 4.72. The average Bonchev–Trinajstić information content (AvgIpc) is 3.00. The van der Waals surface area contributed by atoms with Gasteiger partial charge in [0.1, 0.15) is 5.01 Å². The van der Waals surface area contributed by atoms with E-state index < -0.39 is 5.97 Å². The maximum absolute atomic E-state index is 11.4. The second kappa shape index (κ2) is 6.76. The first kappa shape index (κ1) is 15.5. The van der Waals surface area contributed by atoms with Gasteiger partial charge in [0.2, 0.25) is 0 Å². The largest absolute Gasteiger partial charge is 0.477 e. The number of carboxylic acids is 1. The molecule has 0 saturated carbocycles. The lowest BCUT2D eigenvalue weighted by Gasteiger charge is -2.04. The molecule has 7 heteroatoms. The van der Waals surface area contributed by atoms with Gasteiger partial charge in [0.05, 0.1) is 0 Å². The number of hydrogen-bond acceptors (Lipinski definition) is 5. The highest BCUT2D eigenvalue weighted by molar-refractivity contribution is 7.17. The number of benzene rings is 1. The third-order valence-electron chi connectivity index (χ3n) is 3.10. The Morgan fingerprint density at radius 1 is 1.26 bits per heavy atom. The van der Waals surface area contributed by atoms with Gasteiger partial charge in [-0.15, -0.1) is 11.3 Å². The number of carboxylic acid groups (broad SMARTS) is 1. The van der Waals surface area contributed by atoms with Crippen LogP contribution in [-0.2, 0) is 6.54 Å². The van der Waals surface area contributed by atoms with Crippen molar-refractivity contribution >= 4 is 34.7 Å². The maximum Gasteiger partial charge on any atom is 0.349 e. The van der Waals surface area contributed by atoms with Gasteiger partial charge in [-0.2, -0.15) is 0 Å². The van der Waals surface area contributed by atoms with Crippen molar-refractivity contribution in [3.05, 3.63) is 64.3 Å². The SMILES string of the molecule is O=C(O)c1sc(-c2cccnc2)nc1NCc1ccc(Cl)cc1. The Bertz CT molecular complexity index is 819. The van der Waals surface area contributed by atoms with Crippen LogP contribution in [0.1, 0.15) is 15.2 Å². The van der Waals surface area contributed by atoms with Crippen LogP contribution >= 0.6 is 22.9 Å². The predicted molar refractivity (Wildman–Crippen MR) is 91.1 cm³/mol. The minimum Gasteiger partial charge on any atom is -0.477 e. The Labute approximate surface area is 141 Å². The minimum atomic E-state index is -1.00. The minimum absolute atomic E-state index is 0.179. The van der Waals surface area contributed by atoms with Gasteiger partial charge in [-0.1, -0.05) is 23.7 Å². The number of nitrogens with one attached hydrogen (secondary N) is 1. The van der Waals surface area contributed by atoms with Gasteiger partial charge in [-0.25, -0.2) is 9.78 Å². The monoisotopic (exact) mass is 345 g/mol. The zero-order valence-corrected chi connectivity index (χ0v) is 13.4. The Morgan fingerprint density at radius 3 is 2.70 bits per heavy atom. The number of hydrogen-bond donors (Lipinski definition) is 2. The first-order valence-corrected chi connectivity index (χ1v) is 7.96. The lowest BCUT2D eigenvalue weighted by molar-refractivity contribution is 0.0703. The van der Waals surface area contributed by atoms with Crippen LogP contribution in [0, 0.1) is 0 Å². The van der Waals surface area contributed by atoms with Gasteiger partial charge < -0.3 is 10.4 Å². The molecular formula is C16H12ClN3O2S. The molecule has 2 heterocycles. The zero-order chi connectivity index (χ0) is 16.2. The average molecular weight is 346 g/mol. The van der Waals surface area contributed by atoms with E-state index in [1.165, 1.54) is 0 Å². The first-order chi connectivity index (χ1) is 11.1. The number of nitrogens with zero attached hydrogens (tertiary/aromatic N) is 2. The Kier molecular flexibility index (Phi) is 4.55. The van der Waals surface area contributed by atoms with Crippen LogP contribution in [0.4, 0.5) is 5.82 Å². The van der Waals surface area contributed by atoms with E-state index in [1.54, 1.807) is 30.6 Å². The number of halogens is 1. The van der Waals surface area contributed by atoms with Crippen molar-refractivity contribution in [2.45, 2.75) is 6.54 Å². The van der Waals surface area contributed by atoms with Crippen molar-refractivity contribution in [1.29, 1.82) is 0 Å². The fraction of sp³-hybridized carbons (Fsp3) is 0.0625. The van der Waals surface area contributed by atoms with E-state index in [1.807, 2.05) is 18.2 Å². The van der Waals surface area contributed by atoms with Crippen LogP contribution in [0.5, 0.6) is 0 Å². The van der Waals surface area contributed by atoms with Crippen LogP contribution in [0.15, 0.2) is 48.8 Å². The van der Waals surface area contributed by atoms with Crippen LogP contribution in [-0.4, -0.2) is 21.0 Å². The van der Waals surface area contributed by atoms with Crippen LogP contribution < -0.4 is 5.32 Å². The predicted octanol–water partition coefficient (Wildman–Crippen LogP) is 4.17. The maximum atomic E-state index is 11.4. The Hall–Kier alpha value is -2.44. The molecule has 0 aliphatic heterocycles. The molecule has 5 nitrogen and oxygen atoms in total. The highest BCUT2D eigenvalue weighted by atomic mass is 35.5. The molecule has 3 aromatic rings. The zero-order valence-electron chi connectivity index (χ0n) is 11.9. The van der Waals surface area contributed by atoms with Gasteiger partial charge in [-0.05, 0) is 29.8 Å². The molecule has 0 aliphatic rings. The lowest BCUT2D eigenvalue weighted by atomic mass is 10.2. The van der Waals surface area contributed by atoms with E-state index in [9.17, 15) is 9.90 Å². The van der Waals surface area contributed by atoms with Crippen molar-refractivity contribution in [1.82, 2.24) is 9.97 Å². The fourth-order valence-corrected chi connectivity index (χ4v) is 2.98. The van der Waals surface area contributed by atoms with E-state index in [0.29, 0.717) is 22.4 Å². The molecule has 116 valence electrons. The van der Waals surface area contributed by atoms with Crippen LogP contribution in [0.25, 0.3) is 10.6 Å². The number of thiazole rings is 1. The number of aromatic carboxylic acids is 1. The van der Waals surface area contributed by atoms with Gasteiger partial charge >= 0.3 is 5.97 Å². The first-order valence-electron chi connectivity index (χ1n) is 6.76. The molecule has 0 amide bonds. The van der Waals surface area contributed by atoms with Crippen molar-refractivity contribution in [3.63, 3.8) is 0 Å². The molecule has 1 aromatic carbocycles. The molecular weight excluding hydrogens is 334 g/mol. The summed E-state index contributed by atoms with van der Waals surface area (Å²) in [6, 6.07) is 11.0. The van der Waals surface area contributed by atoms with E-state index in [0.717, 1.165) is 22.5 Å². The Morgan fingerprint density at radius 2 is 2.04 bits per heavy atom. The molecule has 0 spiro atoms. The summed E-state index contributed by atoms with van der Waals surface area (Å²) < 4.78 is 0. The summed E-state index contributed by atoms with van der Waals surface area (Å²) in [6.45, 7) is 0.466. The number of anilines is 1. The van der Waals surface area contributed by atoms with E-state index in [-0.39, 0.29) is 4.88 Å². The topological polar surface area (TPSA) is 75.1 Å². The van der Waals surface area contributed by atoms with Crippen molar-refractivity contribution in [2.24, 2.45) is 0 Å². The van der Waals surface area contributed by atoms with Crippen molar-refractivity contribution in [2.75, 3.05) is 5.32 Å². The molecule has 0 aliphatic carbocycles. The fourth-order valence-electron chi connectivity index (χ4n) is 1.99. The summed E-state index contributed by atoms with van der Waals surface area (Å²) in [5.74, 6) is -0.646. The van der Waals surface area contributed by atoms with Gasteiger partial charge in [-0.3, -0.25) is 4.98 Å².